The minimum absolute atomic E-state index is 0.0742. The highest BCUT2D eigenvalue weighted by atomic mass is 16.5. The summed E-state index contributed by atoms with van der Waals surface area (Å²) < 4.78 is 5.15. The summed E-state index contributed by atoms with van der Waals surface area (Å²) in [7, 11) is 0. The van der Waals surface area contributed by atoms with E-state index in [0.717, 1.165) is 12.8 Å². The van der Waals surface area contributed by atoms with Gasteiger partial charge in [0.15, 0.2) is 0 Å². The standard InChI is InChI=1S/C9H18N2O2/c1-2-3-8(10)9(12)11-4-6-13-7-5-11/h8H,2-7,10H2,1H3. The predicted molar refractivity (Wildman–Crippen MR) is 50.3 cm³/mol. The number of rotatable bonds is 3. The number of morpholine rings is 1. The van der Waals surface area contributed by atoms with E-state index in [-0.39, 0.29) is 11.9 Å². The van der Waals surface area contributed by atoms with Gasteiger partial charge in [-0.3, -0.25) is 4.79 Å². The maximum Gasteiger partial charge on any atom is 0.239 e. The normalized spacial score (nSPS) is 20.0. The fourth-order valence-electron chi connectivity index (χ4n) is 1.45. The van der Waals surface area contributed by atoms with Gasteiger partial charge in [-0.2, -0.15) is 0 Å². The van der Waals surface area contributed by atoms with E-state index in [9.17, 15) is 4.79 Å². The Labute approximate surface area is 79.0 Å². The molecule has 0 radical (unpaired) electrons. The Morgan fingerprint density at radius 2 is 2.15 bits per heavy atom. The second kappa shape index (κ2) is 5.19. The van der Waals surface area contributed by atoms with Crippen molar-refractivity contribution in [2.24, 2.45) is 5.73 Å². The van der Waals surface area contributed by atoms with E-state index >= 15 is 0 Å². The summed E-state index contributed by atoms with van der Waals surface area (Å²) in [6.07, 6.45) is 1.73. The first-order chi connectivity index (χ1) is 6.25. The Kier molecular flexibility index (Phi) is 4.18. The average Bonchev–Trinajstić information content (AvgIpc) is 2.18. The van der Waals surface area contributed by atoms with Gasteiger partial charge in [0.2, 0.25) is 5.91 Å². The zero-order chi connectivity index (χ0) is 9.68. The molecule has 0 spiro atoms. The van der Waals surface area contributed by atoms with Crippen LogP contribution in [0.1, 0.15) is 19.8 Å². The molecular weight excluding hydrogens is 168 g/mol. The molecule has 1 atom stereocenters. The van der Waals surface area contributed by atoms with Crippen LogP contribution in [0.2, 0.25) is 0 Å². The van der Waals surface area contributed by atoms with E-state index in [1.807, 2.05) is 6.92 Å². The van der Waals surface area contributed by atoms with Crippen LogP contribution in [0.4, 0.5) is 0 Å². The Hall–Kier alpha value is -0.610. The number of carbonyl (C=O) groups excluding carboxylic acids is 1. The van der Waals surface area contributed by atoms with Gasteiger partial charge in [-0.05, 0) is 6.42 Å². The Morgan fingerprint density at radius 3 is 2.69 bits per heavy atom. The smallest absolute Gasteiger partial charge is 0.239 e. The third-order valence-electron chi connectivity index (χ3n) is 2.24. The molecule has 4 heteroatoms. The first kappa shape index (κ1) is 10.5. The fourth-order valence-corrected chi connectivity index (χ4v) is 1.45. The largest absolute Gasteiger partial charge is 0.378 e. The van der Waals surface area contributed by atoms with Crippen molar-refractivity contribution in [3.8, 4) is 0 Å². The molecule has 1 amide bonds. The first-order valence-electron chi connectivity index (χ1n) is 4.87. The number of nitrogens with two attached hydrogens (primary N) is 1. The van der Waals surface area contributed by atoms with E-state index < -0.39 is 0 Å². The molecule has 1 heterocycles. The van der Waals surface area contributed by atoms with Crippen LogP contribution in [-0.2, 0) is 9.53 Å². The monoisotopic (exact) mass is 186 g/mol. The highest BCUT2D eigenvalue weighted by Gasteiger charge is 2.21. The van der Waals surface area contributed by atoms with Crippen LogP contribution in [0.15, 0.2) is 0 Å². The molecule has 13 heavy (non-hydrogen) atoms. The molecular formula is C9H18N2O2. The summed E-state index contributed by atoms with van der Waals surface area (Å²) in [4.78, 5) is 13.4. The maximum absolute atomic E-state index is 11.6. The summed E-state index contributed by atoms with van der Waals surface area (Å²) in [6.45, 7) is 4.70. The maximum atomic E-state index is 11.6. The molecule has 0 aromatic rings. The van der Waals surface area contributed by atoms with Crippen LogP contribution in [0.3, 0.4) is 0 Å². The van der Waals surface area contributed by atoms with Crippen molar-refractivity contribution in [3.05, 3.63) is 0 Å². The summed E-state index contributed by atoms with van der Waals surface area (Å²) in [6, 6.07) is -0.317. The second-order valence-corrected chi connectivity index (χ2v) is 3.33. The summed E-state index contributed by atoms with van der Waals surface area (Å²) >= 11 is 0. The minimum Gasteiger partial charge on any atom is -0.378 e. The van der Waals surface area contributed by atoms with Crippen LogP contribution >= 0.6 is 0 Å². The third-order valence-corrected chi connectivity index (χ3v) is 2.24. The molecule has 0 saturated carbocycles. The lowest BCUT2D eigenvalue weighted by atomic mass is 10.1. The fraction of sp³-hybridized carbons (Fsp3) is 0.889. The lowest BCUT2D eigenvalue weighted by Gasteiger charge is -2.29. The van der Waals surface area contributed by atoms with Crippen LogP contribution in [0, 0.1) is 0 Å². The summed E-state index contributed by atoms with van der Waals surface area (Å²) in [5.41, 5.74) is 5.73. The number of carbonyl (C=O) groups is 1. The van der Waals surface area contributed by atoms with Gasteiger partial charge in [0.25, 0.3) is 0 Å². The van der Waals surface area contributed by atoms with Gasteiger partial charge in [0.1, 0.15) is 0 Å². The SMILES string of the molecule is CCCC(N)C(=O)N1CCOCC1. The minimum atomic E-state index is -0.317. The first-order valence-corrected chi connectivity index (χ1v) is 4.87. The van der Waals surface area contributed by atoms with Crippen molar-refractivity contribution in [2.75, 3.05) is 26.3 Å². The van der Waals surface area contributed by atoms with Crippen molar-refractivity contribution in [3.63, 3.8) is 0 Å². The van der Waals surface area contributed by atoms with Crippen molar-refractivity contribution < 1.29 is 9.53 Å². The molecule has 0 bridgehead atoms. The van der Waals surface area contributed by atoms with Gasteiger partial charge in [0.05, 0.1) is 19.3 Å². The van der Waals surface area contributed by atoms with Crippen LogP contribution in [0.5, 0.6) is 0 Å². The van der Waals surface area contributed by atoms with Gasteiger partial charge >= 0.3 is 0 Å². The highest BCUT2D eigenvalue weighted by Crippen LogP contribution is 2.03. The van der Waals surface area contributed by atoms with Crippen molar-refractivity contribution in [1.29, 1.82) is 0 Å². The quantitative estimate of drug-likeness (QED) is 0.673. The molecule has 76 valence electrons. The number of hydrogen-bond acceptors (Lipinski definition) is 3. The van der Waals surface area contributed by atoms with Crippen LogP contribution in [0.25, 0.3) is 0 Å². The van der Waals surface area contributed by atoms with Gasteiger partial charge in [-0.1, -0.05) is 13.3 Å². The Bertz CT molecular complexity index is 167. The molecule has 2 N–H and O–H groups in total. The van der Waals surface area contributed by atoms with Gasteiger partial charge < -0.3 is 15.4 Å². The van der Waals surface area contributed by atoms with E-state index in [1.54, 1.807) is 4.90 Å². The van der Waals surface area contributed by atoms with E-state index in [1.165, 1.54) is 0 Å². The molecule has 1 unspecified atom stereocenters. The predicted octanol–water partition coefficient (Wildman–Crippen LogP) is -0.0274. The molecule has 1 aliphatic heterocycles. The van der Waals surface area contributed by atoms with Crippen molar-refractivity contribution in [2.45, 2.75) is 25.8 Å². The van der Waals surface area contributed by atoms with Gasteiger partial charge in [0, 0.05) is 13.1 Å². The highest BCUT2D eigenvalue weighted by molar-refractivity contribution is 5.81. The molecule has 4 nitrogen and oxygen atoms in total. The molecule has 1 rings (SSSR count). The van der Waals surface area contributed by atoms with Gasteiger partial charge in [-0.25, -0.2) is 0 Å². The van der Waals surface area contributed by atoms with E-state index in [4.69, 9.17) is 10.5 Å². The third kappa shape index (κ3) is 2.97. The number of ether oxygens (including phenoxy) is 1. The summed E-state index contributed by atoms with van der Waals surface area (Å²) in [5, 5.41) is 0. The molecule has 1 saturated heterocycles. The molecule has 0 aliphatic carbocycles. The Balaban J connectivity index is 2.36. The molecule has 0 aromatic heterocycles. The Morgan fingerprint density at radius 1 is 1.54 bits per heavy atom. The van der Waals surface area contributed by atoms with E-state index in [2.05, 4.69) is 0 Å². The zero-order valence-corrected chi connectivity index (χ0v) is 8.16. The van der Waals surface area contributed by atoms with Crippen molar-refractivity contribution >= 4 is 5.91 Å². The zero-order valence-electron chi connectivity index (χ0n) is 8.16. The lowest BCUT2D eigenvalue weighted by Crippen LogP contribution is -2.48. The molecule has 1 aliphatic rings. The van der Waals surface area contributed by atoms with Crippen molar-refractivity contribution in [1.82, 2.24) is 4.90 Å². The number of amides is 1. The van der Waals surface area contributed by atoms with Crippen LogP contribution < -0.4 is 5.73 Å². The second-order valence-electron chi connectivity index (χ2n) is 3.33. The number of hydrogen-bond donors (Lipinski definition) is 1. The average molecular weight is 186 g/mol. The number of nitrogens with zero attached hydrogens (tertiary/aromatic N) is 1. The van der Waals surface area contributed by atoms with Crippen LogP contribution in [-0.4, -0.2) is 43.2 Å². The molecule has 0 aromatic carbocycles. The topological polar surface area (TPSA) is 55.6 Å². The summed E-state index contributed by atoms with van der Waals surface area (Å²) in [5.74, 6) is 0.0742. The lowest BCUT2D eigenvalue weighted by molar-refractivity contribution is -0.136. The van der Waals surface area contributed by atoms with E-state index in [0.29, 0.717) is 26.3 Å². The molecule has 1 fully saturated rings. The van der Waals surface area contributed by atoms with Gasteiger partial charge in [-0.15, -0.1) is 0 Å².